The van der Waals surface area contributed by atoms with Gasteiger partial charge in [-0.3, -0.25) is 4.90 Å². The third-order valence-corrected chi connectivity index (χ3v) is 6.02. The summed E-state index contributed by atoms with van der Waals surface area (Å²) in [5, 5.41) is 9.69. The third kappa shape index (κ3) is 6.60. The van der Waals surface area contributed by atoms with E-state index in [1.54, 1.807) is 37.4 Å². The lowest BCUT2D eigenvalue weighted by atomic mass is 9.94. The lowest BCUT2D eigenvalue weighted by molar-refractivity contribution is 0.0697. The fraction of sp³-hybridized carbons (Fsp3) is 0.444. The van der Waals surface area contributed by atoms with Crippen molar-refractivity contribution < 1.29 is 14.6 Å². The van der Waals surface area contributed by atoms with Gasteiger partial charge >= 0.3 is 5.97 Å². The van der Waals surface area contributed by atoms with Crippen LogP contribution in [0.3, 0.4) is 0 Å². The zero-order chi connectivity index (χ0) is 23.5. The Balaban J connectivity index is 0.000000277. The fourth-order valence-corrected chi connectivity index (χ4v) is 4.14. The first-order chi connectivity index (χ1) is 15.5. The molecule has 1 aromatic heterocycles. The second kappa shape index (κ2) is 12.9. The van der Waals surface area contributed by atoms with E-state index in [2.05, 4.69) is 35.9 Å². The van der Waals surface area contributed by atoms with Crippen LogP contribution in [0.25, 0.3) is 10.9 Å². The number of nitrogens with zero attached hydrogens (tertiary/aromatic N) is 1. The van der Waals surface area contributed by atoms with Gasteiger partial charge in [-0.1, -0.05) is 45.4 Å². The van der Waals surface area contributed by atoms with Gasteiger partial charge in [0.1, 0.15) is 5.75 Å². The summed E-state index contributed by atoms with van der Waals surface area (Å²) in [6, 6.07) is 12.6. The molecule has 5 heteroatoms. The lowest BCUT2D eigenvalue weighted by Crippen LogP contribution is -2.33. The average molecular weight is 439 g/mol. The number of hydrogen-bond acceptors (Lipinski definition) is 3. The van der Waals surface area contributed by atoms with Crippen molar-refractivity contribution >= 4 is 16.9 Å². The normalized spacial score (nSPS) is 14.2. The Kier molecular flexibility index (Phi) is 10.3. The van der Waals surface area contributed by atoms with Gasteiger partial charge in [-0.15, -0.1) is 0 Å². The molecule has 4 rings (SSSR count). The number of carboxylic acid groups (broad SMARTS) is 1. The van der Waals surface area contributed by atoms with E-state index >= 15 is 0 Å². The molecule has 2 N–H and O–H groups in total. The van der Waals surface area contributed by atoms with E-state index in [-0.39, 0.29) is 0 Å². The predicted octanol–water partition coefficient (Wildman–Crippen LogP) is 6.52. The highest BCUT2D eigenvalue weighted by Crippen LogP contribution is 2.32. The molecule has 174 valence electrons. The van der Waals surface area contributed by atoms with Crippen molar-refractivity contribution in [2.45, 2.75) is 53.5 Å². The molecule has 2 heterocycles. The van der Waals surface area contributed by atoms with Gasteiger partial charge in [-0.2, -0.15) is 0 Å². The zero-order valence-corrected chi connectivity index (χ0v) is 20.1. The van der Waals surface area contributed by atoms with Crippen LogP contribution in [0.15, 0.2) is 48.7 Å². The third-order valence-electron chi connectivity index (χ3n) is 6.02. The fourth-order valence-electron chi connectivity index (χ4n) is 4.14. The van der Waals surface area contributed by atoms with Gasteiger partial charge in [-0.05, 0) is 68.6 Å². The van der Waals surface area contributed by atoms with Crippen molar-refractivity contribution in [3.8, 4) is 5.75 Å². The second-order valence-corrected chi connectivity index (χ2v) is 7.94. The van der Waals surface area contributed by atoms with Crippen LogP contribution >= 0.6 is 0 Å². The van der Waals surface area contributed by atoms with Gasteiger partial charge in [0.2, 0.25) is 0 Å². The molecule has 1 fully saturated rings. The molecule has 2 aromatic carbocycles. The highest BCUT2D eigenvalue weighted by atomic mass is 16.5. The maximum Gasteiger partial charge on any atom is 0.335 e. The Morgan fingerprint density at radius 2 is 1.81 bits per heavy atom. The van der Waals surface area contributed by atoms with Crippen LogP contribution in [-0.4, -0.2) is 41.2 Å². The highest BCUT2D eigenvalue weighted by molar-refractivity contribution is 5.88. The SMILES string of the molecule is CC.CCC1CCN(Cc2c(OC)cc(C)c3[nH]ccc23)CC1.O=C(O)c1ccccc1. The number of rotatable bonds is 5. The molecule has 5 nitrogen and oxygen atoms in total. The summed E-state index contributed by atoms with van der Waals surface area (Å²) < 4.78 is 5.65. The second-order valence-electron chi connectivity index (χ2n) is 7.94. The molecular weight excluding hydrogens is 400 g/mol. The highest BCUT2D eigenvalue weighted by Gasteiger charge is 2.20. The number of aromatic carboxylic acids is 1. The maximum absolute atomic E-state index is 10.2. The van der Waals surface area contributed by atoms with Gasteiger partial charge in [0, 0.05) is 29.2 Å². The number of carbonyl (C=O) groups is 1. The molecule has 0 spiro atoms. The number of carboxylic acids is 1. The van der Waals surface area contributed by atoms with Crippen LogP contribution in [0.4, 0.5) is 0 Å². The average Bonchev–Trinajstić information content (AvgIpc) is 3.34. The van der Waals surface area contributed by atoms with E-state index in [0.29, 0.717) is 5.56 Å². The number of nitrogens with one attached hydrogen (secondary N) is 1. The summed E-state index contributed by atoms with van der Waals surface area (Å²) in [6.45, 7) is 11.9. The number of methoxy groups -OCH3 is 1. The summed E-state index contributed by atoms with van der Waals surface area (Å²) in [7, 11) is 1.78. The van der Waals surface area contributed by atoms with Crippen LogP contribution in [-0.2, 0) is 6.54 Å². The van der Waals surface area contributed by atoms with Gasteiger partial charge in [0.15, 0.2) is 0 Å². The molecule has 0 bridgehead atoms. The van der Waals surface area contributed by atoms with E-state index in [0.717, 1.165) is 18.2 Å². The molecular formula is C27H38N2O3. The molecule has 32 heavy (non-hydrogen) atoms. The van der Waals surface area contributed by atoms with Gasteiger partial charge < -0.3 is 14.8 Å². The number of hydrogen-bond donors (Lipinski definition) is 2. The van der Waals surface area contributed by atoms with E-state index in [9.17, 15) is 4.79 Å². The Hall–Kier alpha value is -2.79. The molecule has 0 amide bonds. The predicted molar refractivity (Wildman–Crippen MR) is 133 cm³/mol. The van der Waals surface area contributed by atoms with Gasteiger partial charge in [0.05, 0.1) is 12.7 Å². The Bertz CT molecular complexity index is 958. The number of ether oxygens (including phenoxy) is 1. The molecule has 3 aromatic rings. The molecule has 0 atom stereocenters. The molecule has 1 aliphatic heterocycles. The smallest absolute Gasteiger partial charge is 0.335 e. The summed E-state index contributed by atoms with van der Waals surface area (Å²) >= 11 is 0. The Labute approximate surface area is 192 Å². The first-order valence-electron chi connectivity index (χ1n) is 11.7. The van der Waals surface area contributed by atoms with Gasteiger partial charge in [0.25, 0.3) is 0 Å². The monoisotopic (exact) mass is 438 g/mol. The van der Waals surface area contributed by atoms with Crippen molar-refractivity contribution in [3.63, 3.8) is 0 Å². The van der Waals surface area contributed by atoms with Crippen LogP contribution in [0.1, 0.15) is 61.5 Å². The number of aromatic nitrogens is 1. The van der Waals surface area contributed by atoms with Crippen molar-refractivity contribution in [2.24, 2.45) is 5.92 Å². The molecule has 1 saturated heterocycles. The standard InChI is InChI=1S/C18H26N2O.C7H6O2.C2H6/c1-4-14-6-9-20(10-7-14)12-16-15-5-8-19-18(15)13(2)11-17(16)21-3;8-7(9)6-4-2-1-3-5-6;1-2/h5,8,11,14,19H,4,6-7,9-10,12H2,1-3H3;1-5H,(H,8,9);1-2H3. The Morgan fingerprint density at radius 1 is 1.16 bits per heavy atom. The topological polar surface area (TPSA) is 65.6 Å². The number of piperidine rings is 1. The summed E-state index contributed by atoms with van der Waals surface area (Å²) in [6.07, 6.45) is 6.02. The molecule has 1 aliphatic rings. The van der Waals surface area contributed by atoms with E-state index in [1.165, 1.54) is 54.4 Å². The lowest BCUT2D eigenvalue weighted by Gasteiger charge is -2.32. The van der Waals surface area contributed by atoms with Gasteiger partial charge in [-0.25, -0.2) is 4.79 Å². The number of H-pyrrole nitrogens is 1. The molecule has 0 radical (unpaired) electrons. The van der Waals surface area contributed by atoms with Crippen LogP contribution in [0.2, 0.25) is 0 Å². The first-order valence-corrected chi connectivity index (χ1v) is 11.7. The van der Waals surface area contributed by atoms with E-state index in [1.807, 2.05) is 20.0 Å². The quantitative estimate of drug-likeness (QED) is 0.476. The van der Waals surface area contributed by atoms with Crippen molar-refractivity contribution in [3.05, 3.63) is 65.4 Å². The van der Waals surface area contributed by atoms with Crippen molar-refractivity contribution in [1.82, 2.24) is 9.88 Å². The number of fused-ring (bicyclic) bond motifs is 1. The van der Waals surface area contributed by atoms with Crippen LogP contribution in [0, 0.1) is 12.8 Å². The largest absolute Gasteiger partial charge is 0.496 e. The minimum atomic E-state index is -0.879. The summed E-state index contributed by atoms with van der Waals surface area (Å²) in [4.78, 5) is 16.1. The zero-order valence-electron chi connectivity index (χ0n) is 20.1. The molecule has 0 unspecified atom stereocenters. The van der Waals surface area contributed by atoms with E-state index in [4.69, 9.17) is 9.84 Å². The Morgan fingerprint density at radius 3 is 2.34 bits per heavy atom. The number of benzene rings is 2. The number of aromatic amines is 1. The number of aryl methyl sites for hydroxylation is 1. The van der Waals surface area contributed by atoms with Crippen molar-refractivity contribution in [1.29, 1.82) is 0 Å². The van der Waals surface area contributed by atoms with Crippen LogP contribution in [0.5, 0.6) is 5.75 Å². The maximum atomic E-state index is 10.2. The number of likely N-dealkylation sites (tertiary alicyclic amines) is 1. The van der Waals surface area contributed by atoms with E-state index < -0.39 is 5.97 Å². The minimum Gasteiger partial charge on any atom is -0.496 e. The first kappa shape index (κ1) is 25.5. The van der Waals surface area contributed by atoms with Crippen LogP contribution < -0.4 is 4.74 Å². The summed E-state index contributed by atoms with van der Waals surface area (Å²) in [5.74, 6) is 1.07. The van der Waals surface area contributed by atoms with Crippen molar-refractivity contribution in [2.75, 3.05) is 20.2 Å². The minimum absolute atomic E-state index is 0.331. The molecule has 0 saturated carbocycles. The summed E-state index contributed by atoms with van der Waals surface area (Å²) in [5.41, 5.74) is 4.15. The molecule has 0 aliphatic carbocycles.